The summed E-state index contributed by atoms with van der Waals surface area (Å²) in [5.74, 6) is 0.170. The molecule has 2 aromatic carbocycles. The van der Waals surface area contributed by atoms with Crippen molar-refractivity contribution in [3.8, 4) is 5.75 Å². The average molecular weight is 467 g/mol. The van der Waals surface area contributed by atoms with Gasteiger partial charge in [-0.1, -0.05) is 34.5 Å². The fourth-order valence-corrected chi connectivity index (χ4v) is 5.22. The minimum Gasteiger partial charge on any atom is -0.495 e. The molecule has 1 heterocycles. The molecule has 1 amide bonds. The Labute approximate surface area is 174 Å². The Balaban J connectivity index is 1.81. The molecule has 1 aliphatic rings. The minimum atomic E-state index is -3.59. The first-order chi connectivity index (χ1) is 13.4. The molecule has 0 saturated carbocycles. The van der Waals surface area contributed by atoms with Gasteiger partial charge in [-0.15, -0.1) is 0 Å². The van der Waals surface area contributed by atoms with Gasteiger partial charge in [0.2, 0.25) is 15.9 Å². The Morgan fingerprint density at radius 3 is 2.57 bits per heavy atom. The third-order valence-corrected chi connectivity index (χ3v) is 7.04. The number of halogens is 1. The van der Waals surface area contributed by atoms with Gasteiger partial charge in [0.25, 0.3) is 0 Å². The minimum absolute atomic E-state index is 0.160. The fourth-order valence-electron chi connectivity index (χ4n) is 3.23. The Kier molecular flexibility index (Phi) is 6.74. The second kappa shape index (κ2) is 9.07. The number of rotatable bonds is 6. The molecular weight excluding hydrogens is 444 g/mol. The Hall–Kier alpha value is -1.90. The number of sulfonamides is 1. The molecule has 1 saturated heterocycles. The van der Waals surface area contributed by atoms with Crippen molar-refractivity contribution in [2.24, 2.45) is 0 Å². The molecule has 0 spiro atoms. The summed E-state index contributed by atoms with van der Waals surface area (Å²) in [6.45, 7) is 1.05. The molecule has 0 unspecified atom stereocenters. The first-order valence-electron chi connectivity index (χ1n) is 9.12. The van der Waals surface area contributed by atoms with Crippen molar-refractivity contribution >= 4 is 37.5 Å². The SMILES string of the molecule is COc1ccc(S(=O)(=O)N2CCCCC2)cc1NC(=O)Cc1cccc(Br)c1. The summed E-state index contributed by atoms with van der Waals surface area (Å²) < 4.78 is 33.5. The number of benzene rings is 2. The molecular formula is C20H23BrN2O4S. The van der Waals surface area contributed by atoms with E-state index in [1.165, 1.54) is 23.5 Å². The Morgan fingerprint density at radius 1 is 1.14 bits per heavy atom. The normalized spacial score (nSPS) is 15.2. The molecule has 1 N–H and O–H groups in total. The predicted molar refractivity (Wildman–Crippen MR) is 112 cm³/mol. The van der Waals surface area contributed by atoms with Gasteiger partial charge in [0.05, 0.1) is 24.1 Å². The van der Waals surface area contributed by atoms with Crippen LogP contribution in [-0.4, -0.2) is 38.8 Å². The first-order valence-corrected chi connectivity index (χ1v) is 11.4. The van der Waals surface area contributed by atoms with Crippen molar-refractivity contribution in [2.45, 2.75) is 30.6 Å². The molecule has 3 rings (SSSR count). The zero-order valence-corrected chi connectivity index (χ0v) is 18.1. The van der Waals surface area contributed by atoms with Crippen molar-refractivity contribution in [3.05, 3.63) is 52.5 Å². The summed E-state index contributed by atoms with van der Waals surface area (Å²) >= 11 is 3.39. The van der Waals surface area contributed by atoms with Gasteiger partial charge in [0, 0.05) is 17.6 Å². The molecule has 6 nitrogen and oxygen atoms in total. The number of carbonyl (C=O) groups is 1. The van der Waals surface area contributed by atoms with Gasteiger partial charge < -0.3 is 10.1 Å². The van der Waals surface area contributed by atoms with E-state index in [1.54, 1.807) is 6.07 Å². The van der Waals surface area contributed by atoms with E-state index in [4.69, 9.17) is 4.74 Å². The number of methoxy groups -OCH3 is 1. The second-order valence-electron chi connectivity index (χ2n) is 6.68. The highest BCUT2D eigenvalue weighted by Crippen LogP contribution is 2.30. The molecule has 1 fully saturated rings. The van der Waals surface area contributed by atoms with Gasteiger partial charge in [-0.05, 0) is 48.7 Å². The van der Waals surface area contributed by atoms with Crippen LogP contribution in [-0.2, 0) is 21.2 Å². The maximum Gasteiger partial charge on any atom is 0.243 e. The van der Waals surface area contributed by atoms with Crippen LogP contribution in [0.2, 0.25) is 0 Å². The van der Waals surface area contributed by atoms with E-state index < -0.39 is 10.0 Å². The summed E-state index contributed by atoms with van der Waals surface area (Å²) in [7, 11) is -2.11. The molecule has 1 aliphatic heterocycles. The van der Waals surface area contributed by atoms with Crippen LogP contribution in [0.4, 0.5) is 5.69 Å². The van der Waals surface area contributed by atoms with Gasteiger partial charge in [-0.2, -0.15) is 4.31 Å². The lowest BCUT2D eigenvalue weighted by Crippen LogP contribution is -2.35. The zero-order valence-electron chi connectivity index (χ0n) is 15.7. The lowest BCUT2D eigenvalue weighted by Gasteiger charge is -2.26. The van der Waals surface area contributed by atoms with Crippen molar-refractivity contribution in [3.63, 3.8) is 0 Å². The third kappa shape index (κ3) is 4.92. The van der Waals surface area contributed by atoms with E-state index in [9.17, 15) is 13.2 Å². The summed E-state index contributed by atoms with van der Waals surface area (Å²) in [6, 6.07) is 12.0. The van der Waals surface area contributed by atoms with Gasteiger partial charge in [-0.25, -0.2) is 8.42 Å². The standard InChI is InChI=1S/C20H23BrN2O4S/c1-27-19-9-8-17(28(25,26)23-10-3-2-4-11-23)14-18(19)22-20(24)13-15-6-5-7-16(21)12-15/h5-9,12,14H,2-4,10-11,13H2,1H3,(H,22,24). The fraction of sp³-hybridized carbons (Fsp3) is 0.350. The lowest BCUT2D eigenvalue weighted by atomic mass is 10.1. The number of ether oxygens (including phenoxy) is 1. The van der Waals surface area contributed by atoms with Gasteiger partial charge in [-0.3, -0.25) is 4.79 Å². The molecule has 0 aliphatic carbocycles. The van der Waals surface area contributed by atoms with Gasteiger partial charge >= 0.3 is 0 Å². The molecule has 0 bridgehead atoms. The zero-order chi connectivity index (χ0) is 20.1. The lowest BCUT2D eigenvalue weighted by molar-refractivity contribution is -0.115. The molecule has 2 aromatic rings. The van der Waals surface area contributed by atoms with Crippen molar-refractivity contribution < 1.29 is 17.9 Å². The van der Waals surface area contributed by atoms with E-state index in [0.29, 0.717) is 24.5 Å². The Bertz CT molecular complexity index is 956. The second-order valence-corrected chi connectivity index (χ2v) is 9.54. The molecule has 150 valence electrons. The van der Waals surface area contributed by atoms with Crippen LogP contribution in [0.5, 0.6) is 5.75 Å². The van der Waals surface area contributed by atoms with E-state index in [0.717, 1.165) is 29.3 Å². The van der Waals surface area contributed by atoms with Crippen LogP contribution in [0, 0.1) is 0 Å². The summed E-state index contributed by atoms with van der Waals surface area (Å²) in [4.78, 5) is 12.6. The topological polar surface area (TPSA) is 75.7 Å². The molecule has 8 heteroatoms. The monoisotopic (exact) mass is 466 g/mol. The number of anilines is 1. The number of carbonyl (C=O) groups excluding carboxylic acids is 1. The van der Waals surface area contributed by atoms with Crippen LogP contribution in [0.1, 0.15) is 24.8 Å². The summed E-state index contributed by atoms with van der Waals surface area (Å²) in [5, 5.41) is 2.78. The van der Waals surface area contributed by atoms with Crippen molar-refractivity contribution in [2.75, 3.05) is 25.5 Å². The summed E-state index contributed by atoms with van der Waals surface area (Å²) in [5.41, 5.74) is 1.20. The van der Waals surface area contributed by atoms with E-state index in [-0.39, 0.29) is 17.2 Å². The molecule has 0 aromatic heterocycles. The van der Waals surface area contributed by atoms with Crippen LogP contribution < -0.4 is 10.1 Å². The van der Waals surface area contributed by atoms with Crippen LogP contribution in [0.15, 0.2) is 51.8 Å². The highest BCUT2D eigenvalue weighted by Gasteiger charge is 2.27. The average Bonchev–Trinajstić information content (AvgIpc) is 2.68. The number of nitrogens with one attached hydrogen (secondary N) is 1. The number of amides is 1. The number of nitrogens with zero attached hydrogens (tertiary/aromatic N) is 1. The van der Waals surface area contributed by atoms with E-state index in [2.05, 4.69) is 21.2 Å². The number of hydrogen-bond acceptors (Lipinski definition) is 4. The van der Waals surface area contributed by atoms with Crippen molar-refractivity contribution in [1.82, 2.24) is 4.31 Å². The number of piperidine rings is 1. The number of hydrogen-bond donors (Lipinski definition) is 1. The van der Waals surface area contributed by atoms with Crippen LogP contribution >= 0.6 is 15.9 Å². The van der Waals surface area contributed by atoms with Gasteiger partial charge in [0.15, 0.2) is 0 Å². The summed E-state index contributed by atoms with van der Waals surface area (Å²) in [6.07, 6.45) is 2.95. The van der Waals surface area contributed by atoms with Crippen LogP contribution in [0.25, 0.3) is 0 Å². The largest absolute Gasteiger partial charge is 0.495 e. The third-order valence-electron chi connectivity index (χ3n) is 4.65. The van der Waals surface area contributed by atoms with Gasteiger partial charge in [0.1, 0.15) is 5.75 Å². The molecule has 28 heavy (non-hydrogen) atoms. The maximum atomic E-state index is 12.9. The molecule has 0 atom stereocenters. The quantitative estimate of drug-likeness (QED) is 0.701. The Morgan fingerprint density at radius 2 is 1.89 bits per heavy atom. The van der Waals surface area contributed by atoms with E-state index in [1.807, 2.05) is 24.3 Å². The maximum absolute atomic E-state index is 12.9. The van der Waals surface area contributed by atoms with E-state index >= 15 is 0 Å². The van der Waals surface area contributed by atoms with Crippen LogP contribution in [0.3, 0.4) is 0 Å². The smallest absolute Gasteiger partial charge is 0.243 e. The highest BCUT2D eigenvalue weighted by molar-refractivity contribution is 9.10. The first kappa shape index (κ1) is 20.8. The highest BCUT2D eigenvalue weighted by atomic mass is 79.9. The molecule has 0 radical (unpaired) electrons. The van der Waals surface area contributed by atoms with Crippen molar-refractivity contribution in [1.29, 1.82) is 0 Å². The predicted octanol–water partition coefficient (Wildman–Crippen LogP) is 3.81.